The van der Waals surface area contributed by atoms with Gasteiger partial charge >= 0.3 is 0 Å². The van der Waals surface area contributed by atoms with Crippen LogP contribution in [0.1, 0.15) is 59.5 Å². The molecule has 0 saturated carbocycles. The smallest absolute Gasteiger partial charge is 0.239 e. The fourth-order valence-corrected chi connectivity index (χ4v) is 7.07. The van der Waals surface area contributed by atoms with Crippen molar-refractivity contribution in [3.63, 3.8) is 0 Å². The van der Waals surface area contributed by atoms with Crippen LogP contribution in [0.25, 0.3) is 5.57 Å². The summed E-state index contributed by atoms with van der Waals surface area (Å²) in [4.78, 5) is 31.3. The molecule has 3 aromatic rings. The zero-order valence-electron chi connectivity index (χ0n) is 25.9. The Bertz CT molecular complexity index is 1750. The van der Waals surface area contributed by atoms with Crippen molar-refractivity contribution in [1.82, 2.24) is 15.0 Å². The molecule has 0 fully saturated rings. The molecular formula is C33H37N3O8S. The second-order valence-corrected chi connectivity index (χ2v) is 12.5. The lowest BCUT2D eigenvalue weighted by atomic mass is 9.82. The summed E-state index contributed by atoms with van der Waals surface area (Å²) in [5.41, 5.74) is 5.14. The largest absolute Gasteiger partial charge is 0.497 e. The Balaban J connectivity index is 1.38. The number of hydrogen-bond acceptors (Lipinski definition) is 10. The SMILES string of the molecule is CCOC1NC(c2ccc(CS(=O)(=O)NC(=O)Cc3cc(OC)ccc3OC)cc2C)C2=C1c1ncccc1C(OCC)C2=O. The minimum Gasteiger partial charge on any atom is -0.497 e. The molecule has 2 aromatic carbocycles. The van der Waals surface area contributed by atoms with E-state index < -0.39 is 40.1 Å². The Morgan fingerprint density at radius 3 is 2.44 bits per heavy atom. The van der Waals surface area contributed by atoms with Crippen LogP contribution in [0.15, 0.2) is 60.3 Å². The van der Waals surface area contributed by atoms with Gasteiger partial charge < -0.3 is 18.9 Å². The highest BCUT2D eigenvalue weighted by atomic mass is 32.2. The number of amides is 1. The van der Waals surface area contributed by atoms with Crippen molar-refractivity contribution in [3.8, 4) is 11.5 Å². The molecule has 5 rings (SSSR count). The summed E-state index contributed by atoms with van der Waals surface area (Å²) in [7, 11) is -1.05. The van der Waals surface area contributed by atoms with E-state index in [1.807, 2.05) is 26.8 Å². The molecule has 1 aliphatic heterocycles. The number of fused-ring (bicyclic) bond motifs is 2. The van der Waals surface area contributed by atoms with Crippen LogP contribution < -0.4 is 19.5 Å². The Morgan fingerprint density at radius 1 is 0.978 bits per heavy atom. The number of hydrogen-bond donors (Lipinski definition) is 2. The number of Topliss-reactive ketones (excluding diaryl/α,β-unsaturated/α-hetero) is 1. The molecule has 1 aliphatic carbocycles. The van der Waals surface area contributed by atoms with Crippen LogP contribution in [0, 0.1) is 6.92 Å². The molecule has 0 saturated heterocycles. The minimum atomic E-state index is -4.02. The third kappa shape index (κ3) is 6.64. The van der Waals surface area contributed by atoms with Gasteiger partial charge in [-0.15, -0.1) is 0 Å². The van der Waals surface area contributed by atoms with E-state index in [1.54, 1.807) is 48.7 Å². The maximum absolute atomic E-state index is 13.9. The number of aryl methyl sites for hydroxylation is 1. The number of pyridine rings is 1. The van der Waals surface area contributed by atoms with Gasteiger partial charge in [0.15, 0.2) is 5.78 Å². The minimum absolute atomic E-state index is 0.159. The molecule has 3 unspecified atom stereocenters. The average molecular weight is 636 g/mol. The van der Waals surface area contributed by atoms with Crippen molar-refractivity contribution < 1.29 is 37.0 Å². The molecule has 0 spiro atoms. The van der Waals surface area contributed by atoms with Crippen molar-refractivity contribution in [2.75, 3.05) is 27.4 Å². The lowest BCUT2D eigenvalue weighted by molar-refractivity contribution is -0.127. The number of aromatic nitrogens is 1. The zero-order chi connectivity index (χ0) is 32.3. The number of benzene rings is 2. The highest BCUT2D eigenvalue weighted by Gasteiger charge is 2.47. The molecule has 3 atom stereocenters. The lowest BCUT2D eigenvalue weighted by Gasteiger charge is -2.27. The summed E-state index contributed by atoms with van der Waals surface area (Å²) in [5, 5.41) is 3.45. The molecule has 11 nitrogen and oxygen atoms in total. The van der Waals surface area contributed by atoms with Gasteiger partial charge in [-0.2, -0.15) is 0 Å². The quantitative estimate of drug-likeness (QED) is 0.302. The number of rotatable bonds is 12. The highest BCUT2D eigenvalue weighted by Crippen LogP contribution is 2.47. The van der Waals surface area contributed by atoms with Gasteiger partial charge in [-0.1, -0.05) is 24.3 Å². The number of sulfonamides is 1. The average Bonchev–Trinajstić information content (AvgIpc) is 3.38. The third-order valence-electron chi connectivity index (χ3n) is 7.82. The Labute approximate surface area is 263 Å². The molecule has 12 heteroatoms. The molecule has 2 N–H and O–H groups in total. The van der Waals surface area contributed by atoms with Crippen LogP contribution in [-0.4, -0.2) is 58.8 Å². The van der Waals surface area contributed by atoms with Crippen LogP contribution in [0.5, 0.6) is 11.5 Å². The van der Waals surface area contributed by atoms with Crippen LogP contribution in [-0.2, 0) is 41.3 Å². The Hall–Kier alpha value is -4.10. The van der Waals surface area contributed by atoms with Crippen molar-refractivity contribution in [2.24, 2.45) is 0 Å². The lowest BCUT2D eigenvalue weighted by Crippen LogP contribution is -2.33. The van der Waals surface area contributed by atoms with E-state index in [-0.39, 0.29) is 12.2 Å². The number of nitrogens with zero attached hydrogens (tertiary/aromatic N) is 1. The van der Waals surface area contributed by atoms with Gasteiger partial charge in [-0.05, 0) is 61.7 Å². The van der Waals surface area contributed by atoms with Crippen molar-refractivity contribution in [1.29, 1.82) is 0 Å². The molecule has 1 amide bonds. The number of ether oxygens (including phenoxy) is 4. The predicted octanol–water partition coefficient (Wildman–Crippen LogP) is 3.72. The van der Waals surface area contributed by atoms with E-state index in [1.165, 1.54) is 14.2 Å². The van der Waals surface area contributed by atoms with E-state index >= 15 is 0 Å². The number of carbonyl (C=O) groups excluding carboxylic acids is 2. The van der Waals surface area contributed by atoms with Gasteiger partial charge in [0, 0.05) is 41.7 Å². The first-order valence-corrected chi connectivity index (χ1v) is 16.3. The standard InChI is InChI=1S/C33H37N3O8S/c1-6-43-32-24-9-8-14-34-29(24)28-27(31(32)38)30(35-33(28)44-7-2)23-12-10-20(15-19(23)3)18-45(39,40)36-26(37)17-21-16-22(41-4)11-13-25(21)42-5/h8-16,30,32-33,35H,6-7,17-18H2,1-5H3,(H,36,37). The molecule has 45 heavy (non-hydrogen) atoms. The second kappa shape index (κ2) is 13.5. The summed E-state index contributed by atoms with van der Waals surface area (Å²) in [6.07, 6.45) is 0.129. The number of ketones is 1. The van der Waals surface area contributed by atoms with E-state index in [4.69, 9.17) is 18.9 Å². The third-order valence-corrected chi connectivity index (χ3v) is 9.07. The van der Waals surface area contributed by atoms with E-state index in [9.17, 15) is 18.0 Å². The second-order valence-electron chi connectivity index (χ2n) is 10.7. The topological polar surface area (TPSA) is 142 Å². The van der Waals surface area contributed by atoms with E-state index in [0.717, 1.165) is 11.1 Å². The summed E-state index contributed by atoms with van der Waals surface area (Å²) >= 11 is 0. The molecular weight excluding hydrogens is 598 g/mol. The molecule has 2 heterocycles. The first-order chi connectivity index (χ1) is 21.6. The number of nitrogens with one attached hydrogen (secondary N) is 2. The maximum Gasteiger partial charge on any atom is 0.239 e. The summed E-state index contributed by atoms with van der Waals surface area (Å²) in [6, 6.07) is 13.3. The van der Waals surface area contributed by atoms with E-state index in [2.05, 4.69) is 15.0 Å². The van der Waals surface area contributed by atoms with Crippen LogP contribution in [0.3, 0.4) is 0 Å². The summed E-state index contributed by atoms with van der Waals surface area (Å²) < 4.78 is 50.6. The van der Waals surface area contributed by atoms with Crippen molar-refractivity contribution >= 4 is 27.3 Å². The van der Waals surface area contributed by atoms with Crippen molar-refractivity contribution in [3.05, 3.63) is 93.8 Å². The monoisotopic (exact) mass is 635 g/mol. The van der Waals surface area contributed by atoms with Gasteiger partial charge in [0.05, 0.1) is 38.1 Å². The van der Waals surface area contributed by atoms with Gasteiger partial charge in [0.25, 0.3) is 0 Å². The van der Waals surface area contributed by atoms with Gasteiger partial charge in [0.2, 0.25) is 15.9 Å². The predicted molar refractivity (Wildman–Crippen MR) is 167 cm³/mol. The molecule has 2 aliphatic rings. The molecule has 1 aromatic heterocycles. The zero-order valence-corrected chi connectivity index (χ0v) is 26.7. The van der Waals surface area contributed by atoms with Gasteiger partial charge in [-0.25, -0.2) is 8.42 Å². The Kier molecular flexibility index (Phi) is 9.68. The number of methoxy groups -OCH3 is 2. The molecule has 0 bridgehead atoms. The normalized spacial score (nSPS) is 19.2. The summed E-state index contributed by atoms with van der Waals surface area (Å²) in [5.74, 6) is -0.296. The summed E-state index contributed by atoms with van der Waals surface area (Å²) in [6.45, 7) is 6.35. The first-order valence-electron chi connectivity index (χ1n) is 14.7. The van der Waals surface area contributed by atoms with Gasteiger partial charge in [0.1, 0.15) is 23.8 Å². The molecule has 0 radical (unpaired) electrons. The maximum atomic E-state index is 13.9. The van der Waals surface area contributed by atoms with E-state index in [0.29, 0.717) is 58.2 Å². The fourth-order valence-electron chi connectivity index (χ4n) is 5.96. The fraction of sp³-hybridized carbons (Fsp3) is 0.364. The Morgan fingerprint density at radius 2 is 1.76 bits per heavy atom. The van der Waals surface area contributed by atoms with Crippen LogP contribution >= 0.6 is 0 Å². The van der Waals surface area contributed by atoms with Crippen LogP contribution in [0.2, 0.25) is 0 Å². The van der Waals surface area contributed by atoms with Crippen LogP contribution in [0.4, 0.5) is 0 Å². The molecule has 238 valence electrons. The van der Waals surface area contributed by atoms with Gasteiger partial charge in [-0.3, -0.25) is 24.6 Å². The highest BCUT2D eigenvalue weighted by molar-refractivity contribution is 7.89. The number of carbonyl (C=O) groups is 2. The van der Waals surface area contributed by atoms with Crippen molar-refractivity contribution in [2.45, 2.75) is 51.3 Å². The first kappa shape index (κ1) is 32.3.